The quantitative estimate of drug-likeness (QED) is 0.797. The molecule has 1 heterocycles. The summed E-state index contributed by atoms with van der Waals surface area (Å²) in [5, 5.41) is 11.1. The molecule has 0 fully saturated rings. The monoisotopic (exact) mass is 251 g/mol. The van der Waals surface area contributed by atoms with Crippen molar-refractivity contribution in [1.29, 1.82) is 0 Å². The Labute approximate surface area is 105 Å². The molecular formula is C13H15O5-. The largest absolute Gasteiger partial charge is 0.550 e. The van der Waals surface area contributed by atoms with Crippen molar-refractivity contribution < 1.29 is 24.1 Å². The number of rotatable bonds is 4. The van der Waals surface area contributed by atoms with Crippen molar-refractivity contribution in [2.45, 2.75) is 26.1 Å². The number of ether oxygens (including phenoxy) is 3. The van der Waals surface area contributed by atoms with Gasteiger partial charge in [0, 0.05) is 6.92 Å². The molecule has 1 aliphatic heterocycles. The van der Waals surface area contributed by atoms with Crippen LogP contribution in [0.4, 0.5) is 0 Å². The van der Waals surface area contributed by atoms with Gasteiger partial charge in [-0.3, -0.25) is 0 Å². The summed E-state index contributed by atoms with van der Waals surface area (Å²) in [6.07, 6.45) is 0.356. The van der Waals surface area contributed by atoms with Gasteiger partial charge in [-0.05, 0) is 18.6 Å². The van der Waals surface area contributed by atoms with Gasteiger partial charge in [0.05, 0.1) is 19.0 Å². The second-order valence-corrected chi connectivity index (χ2v) is 4.29. The van der Waals surface area contributed by atoms with E-state index in [0.29, 0.717) is 23.7 Å². The molecule has 1 aromatic carbocycles. The van der Waals surface area contributed by atoms with Crippen LogP contribution in [0.2, 0.25) is 0 Å². The molecule has 0 aliphatic carbocycles. The molecule has 0 spiro atoms. The normalized spacial score (nSPS) is 22.6. The summed E-state index contributed by atoms with van der Waals surface area (Å²) in [5.41, 5.74) is 0. The molecular weight excluding hydrogens is 236 g/mol. The van der Waals surface area contributed by atoms with E-state index in [9.17, 15) is 9.90 Å². The second kappa shape index (κ2) is 4.40. The summed E-state index contributed by atoms with van der Waals surface area (Å²) in [6, 6.07) is 5.20. The van der Waals surface area contributed by atoms with Gasteiger partial charge >= 0.3 is 0 Å². The highest BCUT2D eigenvalue weighted by Gasteiger charge is 2.45. The molecule has 0 saturated heterocycles. The highest BCUT2D eigenvalue weighted by molar-refractivity contribution is 5.69. The van der Waals surface area contributed by atoms with E-state index in [2.05, 4.69) is 0 Å². The van der Waals surface area contributed by atoms with Crippen molar-refractivity contribution >= 4 is 5.97 Å². The van der Waals surface area contributed by atoms with Crippen LogP contribution in [0.15, 0.2) is 18.2 Å². The Kier molecular flexibility index (Phi) is 3.07. The number of carboxylic acids is 1. The average molecular weight is 251 g/mol. The van der Waals surface area contributed by atoms with Crippen LogP contribution in [0.3, 0.4) is 0 Å². The maximum atomic E-state index is 11.1. The van der Waals surface area contributed by atoms with Crippen molar-refractivity contribution in [1.82, 2.24) is 0 Å². The number of methoxy groups -OCH3 is 1. The molecule has 1 aromatic rings. The van der Waals surface area contributed by atoms with E-state index >= 15 is 0 Å². The van der Waals surface area contributed by atoms with Gasteiger partial charge in [0.2, 0.25) is 5.75 Å². The fourth-order valence-electron chi connectivity index (χ4n) is 2.17. The van der Waals surface area contributed by atoms with Gasteiger partial charge in [-0.25, -0.2) is 0 Å². The molecule has 0 amide bonds. The maximum absolute atomic E-state index is 11.1. The zero-order valence-corrected chi connectivity index (χ0v) is 10.6. The zero-order chi connectivity index (χ0) is 13.3. The SMILES string of the molecule is CCC(C(=O)[O-])C1(C)Oc2cccc(OC)c2O1. The first-order chi connectivity index (χ1) is 8.51. The van der Waals surface area contributed by atoms with Crippen molar-refractivity contribution in [2.75, 3.05) is 7.11 Å². The van der Waals surface area contributed by atoms with E-state index in [1.54, 1.807) is 32.0 Å². The van der Waals surface area contributed by atoms with Crippen molar-refractivity contribution in [3.8, 4) is 17.2 Å². The van der Waals surface area contributed by atoms with Crippen LogP contribution in [0, 0.1) is 5.92 Å². The highest BCUT2D eigenvalue weighted by Crippen LogP contribution is 2.48. The molecule has 18 heavy (non-hydrogen) atoms. The summed E-state index contributed by atoms with van der Waals surface area (Å²) < 4.78 is 16.4. The number of carboxylic acid groups (broad SMARTS) is 1. The fourth-order valence-corrected chi connectivity index (χ4v) is 2.17. The third kappa shape index (κ3) is 1.85. The van der Waals surface area contributed by atoms with E-state index in [4.69, 9.17) is 14.2 Å². The Hall–Kier alpha value is -1.91. The summed E-state index contributed by atoms with van der Waals surface area (Å²) >= 11 is 0. The highest BCUT2D eigenvalue weighted by atomic mass is 16.7. The molecule has 98 valence electrons. The Morgan fingerprint density at radius 1 is 1.50 bits per heavy atom. The summed E-state index contributed by atoms with van der Waals surface area (Å²) in [6.45, 7) is 3.34. The Morgan fingerprint density at radius 2 is 2.22 bits per heavy atom. The Morgan fingerprint density at radius 3 is 2.78 bits per heavy atom. The van der Waals surface area contributed by atoms with Crippen molar-refractivity contribution in [2.24, 2.45) is 5.92 Å². The first kappa shape index (κ1) is 12.5. The van der Waals surface area contributed by atoms with Crippen LogP contribution >= 0.6 is 0 Å². The minimum Gasteiger partial charge on any atom is -0.550 e. The molecule has 2 atom stereocenters. The van der Waals surface area contributed by atoms with E-state index in [1.165, 1.54) is 7.11 Å². The van der Waals surface area contributed by atoms with Gasteiger partial charge in [0.1, 0.15) is 0 Å². The minimum absolute atomic E-state index is 0.356. The predicted octanol–water partition coefficient (Wildman–Crippen LogP) is 0.959. The minimum atomic E-state index is -1.26. The standard InChI is InChI=1S/C13H16O5/c1-4-8(12(14)15)13(2)17-10-7-5-6-9(16-3)11(10)18-13/h5-8H,4H2,1-3H3,(H,14,15)/p-1. The molecule has 1 aliphatic rings. The van der Waals surface area contributed by atoms with E-state index in [1.807, 2.05) is 0 Å². The third-order valence-corrected chi connectivity index (χ3v) is 3.11. The third-order valence-electron chi connectivity index (χ3n) is 3.11. The number of hydrogen-bond donors (Lipinski definition) is 0. The zero-order valence-electron chi connectivity index (χ0n) is 10.6. The molecule has 0 N–H and O–H groups in total. The second-order valence-electron chi connectivity index (χ2n) is 4.29. The lowest BCUT2D eigenvalue weighted by Crippen LogP contribution is -2.51. The fraction of sp³-hybridized carbons (Fsp3) is 0.462. The summed E-state index contributed by atoms with van der Waals surface area (Å²) in [7, 11) is 1.52. The van der Waals surface area contributed by atoms with Gasteiger partial charge in [-0.15, -0.1) is 0 Å². The van der Waals surface area contributed by atoms with Crippen LogP contribution in [-0.4, -0.2) is 18.9 Å². The number of carbonyl (C=O) groups is 1. The van der Waals surface area contributed by atoms with Crippen LogP contribution < -0.4 is 19.3 Å². The summed E-state index contributed by atoms with van der Waals surface area (Å²) in [5.74, 6) is -1.87. The van der Waals surface area contributed by atoms with E-state index in [-0.39, 0.29) is 0 Å². The molecule has 0 aromatic heterocycles. The van der Waals surface area contributed by atoms with E-state index < -0.39 is 17.7 Å². The lowest BCUT2D eigenvalue weighted by molar-refractivity contribution is -0.321. The van der Waals surface area contributed by atoms with Crippen molar-refractivity contribution in [3.05, 3.63) is 18.2 Å². The van der Waals surface area contributed by atoms with Gasteiger partial charge < -0.3 is 24.1 Å². The smallest absolute Gasteiger partial charge is 0.257 e. The molecule has 2 unspecified atom stereocenters. The molecule has 5 heteroatoms. The van der Waals surface area contributed by atoms with Gasteiger partial charge in [0.15, 0.2) is 11.5 Å². The first-order valence-electron chi connectivity index (χ1n) is 5.77. The van der Waals surface area contributed by atoms with E-state index in [0.717, 1.165) is 0 Å². The number of hydrogen-bond acceptors (Lipinski definition) is 5. The van der Waals surface area contributed by atoms with Crippen LogP contribution in [-0.2, 0) is 4.79 Å². The first-order valence-corrected chi connectivity index (χ1v) is 5.77. The molecule has 2 rings (SSSR count). The number of fused-ring (bicyclic) bond motifs is 1. The average Bonchev–Trinajstić information content (AvgIpc) is 2.65. The van der Waals surface area contributed by atoms with Crippen LogP contribution in [0.1, 0.15) is 20.3 Å². The molecule has 0 saturated carbocycles. The lowest BCUT2D eigenvalue weighted by atomic mass is 9.97. The number of aliphatic carboxylic acids is 1. The Balaban J connectivity index is 2.35. The molecule has 5 nitrogen and oxygen atoms in total. The number of benzene rings is 1. The Bertz CT molecular complexity index is 470. The predicted molar refractivity (Wildman–Crippen MR) is 61.4 cm³/mol. The van der Waals surface area contributed by atoms with Crippen LogP contribution in [0.25, 0.3) is 0 Å². The van der Waals surface area contributed by atoms with Gasteiger partial charge in [0.25, 0.3) is 5.79 Å². The van der Waals surface area contributed by atoms with Gasteiger partial charge in [-0.1, -0.05) is 13.0 Å². The number of carbonyl (C=O) groups excluding carboxylic acids is 1. The van der Waals surface area contributed by atoms with Gasteiger partial charge in [-0.2, -0.15) is 0 Å². The van der Waals surface area contributed by atoms with Crippen LogP contribution in [0.5, 0.6) is 17.2 Å². The molecule has 0 radical (unpaired) electrons. The number of para-hydroxylation sites is 1. The molecule has 0 bridgehead atoms. The topological polar surface area (TPSA) is 67.8 Å². The lowest BCUT2D eigenvalue weighted by Gasteiger charge is -2.32. The van der Waals surface area contributed by atoms with Crippen molar-refractivity contribution in [3.63, 3.8) is 0 Å². The maximum Gasteiger partial charge on any atom is 0.257 e. The summed E-state index contributed by atoms with van der Waals surface area (Å²) in [4.78, 5) is 11.1.